The molecular weight excluding hydrogens is 342 g/mol. The summed E-state index contributed by atoms with van der Waals surface area (Å²) in [5, 5.41) is 3.06. The molecule has 1 aliphatic heterocycles. The molecule has 1 saturated heterocycles. The van der Waals surface area contributed by atoms with Gasteiger partial charge in [0.05, 0.1) is 29.2 Å². The second kappa shape index (κ2) is 7.82. The molecule has 7 heteroatoms. The van der Waals surface area contributed by atoms with Gasteiger partial charge in [-0.3, -0.25) is 9.69 Å². The summed E-state index contributed by atoms with van der Waals surface area (Å²) in [6, 6.07) is 8.05. The van der Waals surface area contributed by atoms with Gasteiger partial charge in [0, 0.05) is 25.2 Å². The van der Waals surface area contributed by atoms with Crippen LogP contribution in [0.25, 0.3) is 10.2 Å². The molecule has 0 saturated carbocycles. The highest BCUT2D eigenvalue weighted by molar-refractivity contribution is 8.01. The molecule has 0 spiro atoms. The number of rotatable bonds is 6. The summed E-state index contributed by atoms with van der Waals surface area (Å²) in [6.07, 6.45) is 0. The number of carbonyl (C=O) groups excluding carboxylic acids is 1. The van der Waals surface area contributed by atoms with Gasteiger partial charge in [-0.15, -0.1) is 11.3 Å². The second-order valence-electron chi connectivity index (χ2n) is 6.42. The summed E-state index contributed by atoms with van der Waals surface area (Å²) < 4.78 is 7.50. The molecule has 130 valence electrons. The maximum Gasteiger partial charge on any atom is 0.230 e. The van der Waals surface area contributed by atoms with Gasteiger partial charge >= 0.3 is 0 Å². The largest absolute Gasteiger partial charge is 0.379 e. The van der Waals surface area contributed by atoms with Gasteiger partial charge in [0.15, 0.2) is 4.34 Å². The highest BCUT2D eigenvalue weighted by atomic mass is 32.2. The minimum atomic E-state index is -0.0556. The Hall–Kier alpha value is -1.15. The van der Waals surface area contributed by atoms with Crippen LogP contribution < -0.4 is 5.32 Å². The Labute approximate surface area is 150 Å². The van der Waals surface area contributed by atoms with Gasteiger partial charge in [-0.05, 0) is 26.0 Å². The van der Waals surface area contributed by atoms with Crippen LogP contribution in [0.4, 0.5) is 0 Å². The van der Waals surface area contributed by atoms with Gasteiger partial charge in [0.25, 0.3) is 0 Å². The van der Waals surface area contributed by atoms with E-state index in [-0.39, 0.29) is 11.4 Å². The summed E-state index contributed by atoms with van der Waals surface area (Å²) in [6.45, 7) is 8.35. The molecule has 0 bridgehead atoms. The van der Waals surface area contributed by atoms with Crippen molar-refractivity contribution >= 4 is 39.2 Å². The summed E-state index contributed by atoms with van der Waals surface area (Å²) in [4.78, 5) is 19.1. The van der Waals surface area contributed by atoms with Crippen molar-refractivity contribution in [1.82, 2.24) is 15.2 Å². The summed E-state index contributed by atoms with van der Waals surface area (Å²) in [5.41, 5.74) is 0.943. The van der Waals surface area contributed by atoms with Gasteiger partial charge < -0.3 is 10.1 Å². The number of nitrogens with zero attached hydrogens (tertiary/aromatic N) is 2. The molecule has 0 radical (unpaired) electrons. The topological polar surface area (TPSA) is 54.5 Å². The number of hydrogen-bond acceptors (Lipinski definition) is 6. The van der Waals surface area contributed by atoms with E-state index in [9.17, 15) is 4.79 Å². The van der Waals surface area contributed by atoms with Crippen molar-refractivity contribution in [2.24, 2.45) is 0 Å². The number of hydrogen-bond donors (Lipinski definition) is 1. The predicted molar refractivity (Wildman–Crippen MR) is 99.8 cm³/mol. The Balaban J connectivity index is 1.46. The van der Waals surface area contributed by atoms with Gasteiger partial charge in [-0.2, -0.15) is 0 Å². The fourth-order valence-corrected chi connectivity index (χ4v) is 4.58. The fourth-order valence-electron chi connectivity index (χ4n) is 2.69. The lowest BCUT2D eigenvalue weighted by Gasteiger charge is -2.40. The Bertz CT molecular complexity index is 663. The summed E-state index contributed by atoms with van der Waals surface area (Å²) in [5.74, 6) is 0.458. The Morgan fingerprint density at radius 2 is 2.12 bits per heavy atom. The van der Waals surface area contributed by atoms with Crippen molar-refractivity contribution in [2.45, 2.75) is 23.7 Å². The Kier molecular flexibility index (Phi) is 5.76. The zero-order valence-corrected chi connectivity index (χ0v) is 15.7. The molecule has 1 N–H and O–H groups in total. The first-order valence-corrected chi connectivity index (χ1v) is 9.93. The van der Waals surface area contributed by atoms with E-state index in [1.165, 1.54) is 11.8 Å². The van der Waals surface area contributed by atoms with Crippen LogP contribution in [0.15, 0.2) is 28.6 Å². The summed E-state index contributed by atoms with van der Waals surface area (Å²) >= 11 is 3.14. The number of carbonyl (C=O) groups is 1. The van der Waals surface area contributed by atoms with Crippen LogP contribution in [0.3, 0.4) is 0 Å². The number of amides is 1. The van der Waals surface area contributed by atoms with Crippen molar-refractivity contribution in [2.75, 3.05) is 38.6 Å². The average Bonchev–Trinajstić information content (AvgIpc) is 3.02. The third-order valence-electron chi connectivity index (χ3n) is 4.19. The lowest BCUT2D eigenvalue weighted by molar-refractivity contribution is -0.119. The van der Waals surface area contributed by atoms with E-state index in [1.807, 2.05) is 18.2 Å². The molecule has 0 aliphatic carbocycles. The zero-order chi connectivity index (χ0) is 17.0. The number of nitrogens with one attached hydrogen (secondary N) is 1. The van der Waals surface area contributed by atoms with Gasteiger partial charge in [0.1, 0.15) is 0 Å². The number of benzene rings is 1. The zero-order valence-electron chi connectivity index (χ0n) is 14.1. The molecule has 0 unspecified atom stereocenters. The molecule has 5 nitrogen and oxygen atoms in total. The summed E-state index contributed by atoms with van der Waals surface area (Å²) in [7, 11) is 0. The normalized spacial score (nSPS) is 16.4. The van der Waals surface area contributed by atoms with Gasteiger partial charge in [0.2, 0.25) is 5.91 Å². The van der Waals surface area contributed by atoms with E-state index < -0.39 is 0 Å². The number of morpholine rings is 1. The standard InChI is InChI=1S/C17H23N3O2S2/c1-17(2,20-7-9-22-10-8-20)12-18-15(21)11-23-16-19-13-5-3-4-6-14(13)24-16/h3-6H,7-12H2,1-2H3,(H,18,21). The third kappa shape index (κ3) is 4.47. The van der Waals surface area contributed by atoms with Crippen LogP contribution in [0.1, 0.15) is 13.8 Å². The SMILES string of the molecule is CC(C)(CNC(=O)CSc1nc2ccccc2s1)N1CCOCC1. The maximum atomic E-state index is 12.2. The highest BCUT2D eigenvalue weighted by Crippen LogP contribution is 2.29. The van der Waals surface area contributed by atoms with Crippen molar-refractivity contribution < 1.29 is 9.53 Å². The maximum absolute atomic E-state index is 12.2. The van der Waals surface area contributed by atoms with Crippen LogP contribution in [-0.4, -0.2) is 59.9 Å². The quantitative estimate of drug-likeness (QED) is 0.798. The van der Waals surface area contributed by atoms with Crippen LogP contribution in [0.2, 0.25) is 0 Å². The molecule has 2 heterocycles. The van der Waals surface area contributed by atoms with Crippen LogP contribution in [0.5, 0.6) is 0 Å². The van der Waals surface area contributed by atoms with Gasteiger partial charge in [-0.25, -0.2) is 4.98 Å². The number of aromatic nitrogens is 1. The van der Waals surface area contributed by atoms with E-state index in [1.54, 1.807) is 11.3 Å². The first kappa shape index (κ1) is 17.7. The van der Waals surface area contributed by atoms with Crippen LogP contribution in [-0.2, 0) is 9.53 Å². The van der Waals surface area contributed by atoms with Crippen molar-refractivity contribution in [3.05, 3.63) is 24.3 Å². The highest BCUT2D eigenvalue weighted by Gasteiger charge is 2.28. The van der Waals surface area contributed by atoms with E-state index >= 15 is 0 Å². The van der Waals surface area contributed by atoms with Gasteiger partial charge in [-0.1, -0.05) is 23.9 Å². The second-order valence-corrected chi connectivity index (χ2v) is 8.68. The minimum Gasteiger partial charge on any atom is -0.379 e. The average molecular weight is 366 g/mol. The molecule has 24 heavy (non-hydrogen) atoms. The fraction of sp³-hybridized carbons (Fsp3) is 0.529. The smallest absolute Gasteiger partial charge is 0.230 e. The van der Waals surface area contributed by atoms with E-state index in [4.69, 9.17) is 4.74 Å². The third-order valence-corrected chi connectivity index (χ3v) is 6.37. The number of fused-ring (bicyclic) bond motifs is 1. The molecule has 0 atom stereocenters. The molecule has 1 amide bonds. The Morgan fingerprint density at radius 3 is 2.88 bits per heavy atom. The van der Waals surface area contributed by atoms with E-state index in [2.05, 4.69) is 35.1 Å². The van der Waals surface area contributed by atoms with Crippen molar-refractivity contribution in [1.29, 1.82) is 0 Å². The molecule has 1 aromatic carbocycles. The Morgan fingerprint density at radius 1 is 1.38 bits per heavy atom. The lowest BCUT2D eigenvalue weighted by Crippen LogP contribution is -2.55. The first-order chi connectivity index (χ1) is 11.5. The number of ether oxygens (including phenoxy) is 1. The number of thioether (sulfide) groups is 1. The van der Waals surface area contributed by atoms with E-state index in [0.29, 0.717) is 12.3 Å². The lowest BCUT2D eigenvalue weighted by atomic mass is 10.0. The van der Waals surface area contributed by atoms with Crippen molar-refractivity contribution in [3.63, 3.8) is 0 Å². The van der Waals surface area contributed by atoms with Crippen molar-refractivity contribution in [3.8, 4) is 0 Å². The first-order valence-electron chi connectivity index (χ1n) is 8.12. The number of thiazole rings is 1. The minimum absolute atomic E-state index is 0.0556. The molecule has 3 rings (SSSR count). The predicted octanol–water partition coefficient (Wildman–Crippen LogP) is 2.62. The number of para-hydroxylation sites is 1. The molecule has 1 aliphatic rings. The molecule has 1 fully saturated rings. The molecule has 2 aromatic rings. The monoisotopic (exact) mass is 365 g/mol. The molecule has 1 aromatic heterocycles. The molecular formula is C17H23N3O2S2. The van der Waals surface area contributed by atoms with E-state index in [0.717, 1.165) is 40.9 Å². The van der Waals surface area contributed by atoms with Crippen LogP contribution in [0, 0.1) is 0 Å². The van der Waals surface area contributed by atoms with Crippen LogP contribution >= 0.6 is 23.1 Å².